The first kappa shape index (κ1) is 15.1. The summed E-state index contributed by atoms with van der Waals surface area (Å²) in [5.74, 6) is 0.883. The number of benzene rings is 1. The van der Waals surface area contributed by atoms with Crippen LogP contribution < -0.4 is 5.32 Å². The highest BCUT2D eigenvalue weighted by molar-refractivity contribution is 9.10. The van der Waals surface area contributed by atoms with Crippen LogP contribution in [0.2, 0.25) is 0 Å². The van der Waals surface area contributed by atoms with Gasteiger partial charge < -0.3 is 5.32 Å². The molecule has 0 radical (unpaired) electrons. The molecule has 2 rings (SSSR count). The molecule has 0 heterocycles. The molecule has 0 saturated heterocycles. The Bertz CT molecular complexity index is 385. The van der Waals surface area contributed by atoms with Crippen LogP contribution in [0.1, 0.15) is 64.0 Å². The maximum atomic E-state index is 3.86. The Morgan fingerprint density at radius 1 is 1.26 bits per heavy atom. The van der Waals surface area contributed by atoms with E-state index in [4.69, 9.17) is 0 Å². The molecule has 2 unspecified atom stereocenters. The Kier molecular flexibility index (Phi) is 5.90. The maximum absolute atomic E-state index is 3.86. The van der Waals surface area contributed by atoms with Gasteiger partial charge in [-0.1, -0.05) is 54.2 Å². The summed E-state index contributed by atoms with van der Waals surface area (Å²) < 4.78 is 1.17. The zero-order chi connectivity index (χ0) is 13.7. The Morgan fingerprint density at radius 3 is 2.63 bits per heavy atom. The van der Waals surface area contributed by atoms with Gasteiger partial charge in [0.15, 0.2) is 0 Å². The van der Waals surface area contributed by atoms with Crippen molar-refractivity contribution in [3.05, 3.63) is 34.3 Å². The molecule has 19 heavy (non-hydrogen) atoms. The first-order valence-electron chi connectivity index (χ1n) is 7.72. The number of rotatable bonds is 5. The van der Waals surface area contributed by atoms with Crippen molar-refractivity contribution in [3.63, 3.8) is 0 Å². The van der Waals surface area contributed by atoms with E-state index in [0.29, 0.717) is 12.1 Å². The fraction of sp³-hybridized carbons (Fsp3) is 0.647. The van der Waals surface area contributed by atoms with Crippen LogP contribution in [0.25, 0.3) is 0 Å². The van der Waals surface area contributed by atoms with E-state index < -0.39 is 0 Å². The second-order valence-electron chi connectivity index (χ2n) is 5.86. The molecule has 1 aliphatic carbocycles. The Hall–Kier alpha value is -0.340. The summed E-state index contributed by atoms with van der Waals surface area (Å²) in [4.78, 5) is 0. The van der Waals surface area contributed by atoms with Crippen LogP contribution in [0.3, 0.4) is 0 Å². The van der Waals surface area contributed by atoms with Gasteiger partial charge in [0, 0.05) is 16.6 Å². The van der Waals surface area contributed by atoms with Gasteiger partial charge in [-0.05, 0) is 49.8 Å². The molecule has 2 atom stereocenters. The van der Waals surface area contributed by atoms with Crippen molar-refractivity contribution in [2.75, 3.05) is 0 Å². The van der Waals surface area contributed by atoms with E-state index >= 15 is 0 Å². The maximum Gasteiger partial charge on any atom is 0.0294 e. The van der Waals surface area contributed by atoms with E-state index in [1.54, 1.807) is 0 Å². The molecule has 1 aromatic rings. The van der Waals surface area contributed by atoms with Crippen molar-refractivity contribution in [2.45, 2.75) is 64.5 Å². The molecule has 1 saturated carbocycles. The van der Waals surface area contributed by atoms with Gasteiger partial charge in [0.2, 0.25) is 0 Å². The molecule has 0 aromatic heterocycles. The highest BCUT2D eigenvalue weighted by Gasteiger charge is 2.23. The normalized spacial score (nSPS) is 20.2. The summed E-state index contributed by atoms with van der Waals surface area (Å²) in [6, 6.07) is 9.77. The number of hydrogen-bond acceptors (Lipinski definition) is 1. The molecule has 106 valence electrons. The Labute approximate surface area is 126 Å². The molecule has 0 aliphatic heterocycles. The summed E-state index contributed by atoms with van der Waals surface area (Å²) in [5, 5.41) is 3.86. The lowest BCUT2D eigenvalue weighted by molar-refractivity contribution is 0.249. The van der Waals surface area contributed by atoms with E-state index in [-0.39, 0.29) is 0 Å². The van der Waals surface area contributed by atoms with Crippen molar-refractivity contribution in [2.24, 2.45) is 5.92 Å². The third-order valence-electron chi connectivity index (χ3n) is 4.47. The predicted octanol–water partition coefficient (Wildman–Crippen LogP) is 5.46. The molecule has 1 nitrogen and oxygen atoms in total. The standard InChI is InChI=1S/C17H26BrN/c1-3-17(14-8-5-4-6-9-14)19-13(2)15-10-7-11-16(18)12-15/h7,10-14,17,19H,3-6,8-9H2,1-2H3. The smallest absolute Gasteiger partial charge is 0.0294 e. The SMILES string of the molecule is CCC(NC(C)c1cccc(Br)c1)C1CCCCC1. The lowest BCUT2D eigenvalue weighted by Gasteiger charge is -2.32. The topological polar surface area (TPSA) is 12.0 Å². The van der Waals surface area contributed by atoms with Crippen molar-refractivity contribution in [3.8, 4) is 0 Å². The molecule has 1 aromatic carbocycles. The van der Waals surface area contributed by atoms with Gasteiger partial charge in [-0.25, -0.2) is 0 Å². The lowest BCUT2D eigenvalue weighted by atomic mass is 9.82. The van der Waals surface area contributed by atoms with Crippen molar-refractivity contribution in [1.82, 2.24) is 5.32 Å². The Balaban J connectivity index is 1.97. The lowest BCUT2D eigenvalue weighted by Crippen LogP contribution is -2.38. The summed E-state index contributed by atoms with van der Waals surface area (Å²) in [6.07, 6.45) is 8.35. The summed E-state index contributed by atoms with van der Waals surface area (Å²) in [6.45, 7) is 4.60. The van der Waals surface area contributed by atoms with Crippen LogP contribution in [-0.4, -0.2) is 6.04 Å². The molecule has 1 N–H and O–H groups in total. The number of hydrogen-bond donors (Lipinski definition) is 1. The van der Waals surface area contributed by atoms with Gasteiger partial charge in [-0.15, -0.1) is 0 Å². The zero-order valence-corrected chi connectivity index (χ0v) is 13.7. The molecular weight excluding hydrogens is 298 g/mol. The van der Waals surface area contributed by atoms with Gasteiger partial charge in [0.05, 0.1) is 0 Å². The quantitative estimate of drug-likeness (QED) is 0.758. The summed E-state index contributed by atoms with van der Waals surface area (Å²) >= 11 is 3.56. The molecule has 0 amide bonds. The predicted molar refractivity (Wildman–Crippen MR) is 86.3 cm³/mol. The van der Waals surface area contributed by atoms with Crippen LogP contribution in [-0.2, 0) is 0 Å². The Morgan fingerprint density at radius 2 is 2.00 bits per heavy atom. The zero-order valence-electron chi connectivity index (χ0n) is 12.2. The van der Waals surface area contributed by atoms with E-state index in [1.807, 2.05) is 0 Å². The molecule has 0 spiro atoms. The highest BCUT2D eigenvalue weighted by Crippen LogP contribution is 2.29. The van der Waals surface area contributed by atoms with Gasteiger partial charge >= 0.3 is 0 Å². The first-order valence-corrected chi connectivity index (χ1v) is 8.51. The molecular formula is C17H26BrN. The highest BCUT2D eigenvalue weighted by atomic mass is 79.9. The second kappa shape index (κ2) is 7.44. The largest absolute Gasteiger partial charge is 0.307 e. The van der Waals surface area contributed by atoms with Crippen molar-refractivity contribution in [1.29, 1.82) is 0 Å². The van der Waals surface area contributed by atoms with Crippen LogP contribution in [0, 0.1) is 5.92 Å². The minimum Gasteiger partial charge on any atom is -0.307 e. The molecule has 2 heteroatoms. The monoisotopic (exact) mass is 323 g/mol. The van der Waals surface area contributed by atoms with Gasteiger partial charge in [0.25, 0.3) is 0 Å². The van der Waals surface area contributed by atoms with Crippen molar-refractivity contribution < 1.29 is 0 Å². The van der Waals surface area contributed by atoms with Crippen LogP contribution >= 0.6 is 15.9 Å². The fourth-order valence-electron chi connectivity index (χ4n) is 3.32. The third-order valence-corrected chi connectivity index (χ3v) is 4.96. The van der Waals surface area contributed by atoms with Crippen LogP contribution in [0.4, 0.5) is 0 Å². The van der Waals surface area contributed by atoms with E-state index in [2.05, 4.69) is 59.4 Å². The van der Waals surface area contributed by atoms with Crippen LogP contribution in [0.5, 0.6) is 0 Å². The molecule has 0 bridgehead atoms. The van der Waals surface area contributed by atoms with E-state index in [9.17, 15) is 0 Å². The molecule has 1 fully saturated rings. The van der Waals surface area contributed by atoms with Gasteiger partial charge in [-0.2, -0.15) is 0 Å². The molecule has 1 aliphatic rings. The minimum atomic E-state index is 0.435. The number of halogens is 1. The van der Waals surface area contributed by atoms with Gasteiger partial charge in [-0.3, -0.25) is 0 Å². The fourth-order valence-corrected chi connectivity index (χ4v) is 3.73. The van der Waals surface area contributed by atoms with E-state index in [1.165, 1.54) is 48.6 Å². The van der Waals surface area contributed by atoms with Crippen molar-refractivity contribution >= 4 is 15.9 Å². The van der Waals surface area contributed by atoms with E-state index in [0.717, 1.165) is 5.92 Å². The first-order chi connectivity index (χ1) is 9.20. The third kappa shape index (κ3) is 4.32. The summed E-state index contributed by atoms with van der Waals surface area (Å²) in [7, 11) is 0. The minimum absolute atomic E-state index is 0.435. The van der Waals surface area contributed by atoms with Gasteiger partial charge in [0.1, 0.15) is 0 Å². The average Bonchev–Trinajstić information content (AvgIpc) is 2.45. The van der Waals surface area contributed by atoms with Crippen LogP contribution in [0.15, 0.2) is 28.7 Å². The number of nitrogens with one attached hydrogen (secondary N) is 1. The second-order valence-corrected chi connectivity index (χ2v) is 6.77. The summed E-state index contributed by atoms with van der Waals surface area (Å²) in [5.41, 5.74) is 1.38. The average molecular weight is 324 g/mol.